The van der Waals surface area contributed by atoms with Gasteiger partial charge in [-0.25, -0.2) is 0 Å². The summed E-state index contributed by atoms with van der Waals surface area (Å²) in [6, 6.07) is 7.32. The molecule has 1 fully saturated rings. The zero-order valence-corrected chi connectivity index (χ0v) is 8.35. The second-order valence-electron chi connectivity index (χ2n) is 3.25. The van der Waals surface area contributed by atoms with E-state index < -0.39 is 5.24 Å². The second kappa shape index (κ2) is 3.32. The summed E-state index contributed by atoms with van der Waals surface area (Å²) >= 11 is 11.2. The van der Waals surface area contributed by atoms with Crippen LogP contribution in [0.15, 0.2) is 24.3 Å². The average molecular weight is 215 g/mol. The van der Waals surface area contributed by atoms with Crippen molar-refractivity contribution in [3.63, 3.8) is 0 Å². The molecule has 2 rings (SSSR count). The Labute approximate surface area is 86.7 Å². The van der Waals surface area contributed by atoms with E-state index in [1.165, 1.54) is 5.56 Å². The van der Waals surface area contributed by atoms with E-state index in [1.54, 1.807) is 12.1 Å². The number of hydrogen-bond acceptors (Lipinski definition) is 1. The first-order valence-electron chi connectivity index (χ1n) is 4.12. The van der Waals surface area contributed by atoms with Crippen molar-refractivity contribution in [1.82, 2.24) is 0 Å². The number of carbonyl (C=O) groups excluding carboxylic acids is 1. The van der Waals surface area contributed by atoms with Gasteiger partial charge in [0, 0.05) is 16.9 Å². The monoisotopic (exact) mass is 214 g/mol. The maximum Gasteiger partial charge on any atom is 0.252 e. The van der Waals surface area contributed by atoms with E-state index >= 15 is 0 Å². The van der Waals surface area contributed by atoms with Crippen molar-refractivity contribution in [2.75, 3.05) is 0 Å². The number of alkyl halides is 1. The van der Waals surface area contributed by atoms with Gasteiger partial charge in [-0.2, -0.15) is 0 Å². The summed E-state index contributed by atoms with van der Waals surface area (Å²) < 4.78 is 0. The van der Waals surface area contributed by atoms with Crippen molar-refractivity contribution in [2.24, 2.45) is 0 Å². The molecular weight excluding hydrogens is 207 g/mol. The Hall–Kier alpha value is -0.530. The fourth-order valence-corrected chi connectivity index (χ4v) is 1.83. The van der Waals surface area contributed by atoms with Gasteiger partial charge in [0.1, 0.15) is 0 Å². The van der Waals surface area contributed by atoms with Gasteiger partial charge in [0.15, 0.2) is 0 Å². The van der Waals surface area contributed by atoms with Gasteiger partial charge in [0.05, 0.1) is 0 Å². The number of carbonyl (C=O) groups is 1. The molecule has 1 saturated carbocycles. The minimum Gasteiger partial charge on any atom is -0.276 e. The Kier molecular flexibility index (Phi) is 2.31. The number of benzene rings is 1. The van der Waals surface area contributed by atoms with E-state index in [9.17, 15) is 4.79 Å². The first-order chi connectivity index (χ1) is 6.18. The Morgan fingerprint density at radius 1 is 1.31 bits per heavy atom. The lowest BCUT2D eigenvalue weighted by Crippen LogP contribution is -1.89. The fourth-order valence-electron chi connectivity index (χ4n) is 1.37. The molecule has 68 valence electrons. The van der Waals surface area contributed by atoms with Gasteiger partial charge >= 0.3 is 0 Å². The predicted octanol–water partition coefficient (Wildman–Crippen LogP) is 3.16. The van der Waals surface area contributed by atoms with Gasteiger partial charge in [-0.05, 0) is 35.7 Å². The molecule has 0 aliphatic heterocycles. The van der Waals surface area contributed by atoms with Crippen molar-refractivity contribution in [1.29, 1.82) is 0 Å². The molecule has 0 amide bonds. The summed E-state index contributed by atoms with van der Waals surface area (Å²) in [7, 11) is 0. The molecule has 0 N–H and O–H groups in total. The molecule has 1 aromatic carbocycles. The summed E-state index contributed by atoms with van der Waals surface area (Å²) in [4.78, 5) is 10.7. The lowest BCUT2D eigenvalue weighted by molar-refractivity contribution is 0.108. The SMILES string of the molecule is O=C(Cl)c1ccc([C@@H]2C[C@H]2Cl)cc1. The third kappa shape index (κ3) is 1.87. The minimum atomic E-state index is -0.412. The highest BCUT2D eigenvalue weighted by Crippen LogP contribution is 2.45. The number of hydrogen-bond donors (Lipinski definition) is 0. The molecule has 1 aliphatic carbocycles. The molecule has 1 nitrogen and oxygen atoms in total. The number of halogens is 2. The average Bonchev–Trinajstić information content (AvgIpc) is 2.83. The van der Waals surface area contributed by atoms with Crippen LogP contribution in [-0.4, -0.2) is 10.6 Å². The summed E-state index contributed by atoms with van der Waals surface area (Å²) in [5, 5.41) is -0.137. The van der Waals surface area contributed by atoms with Crippen LogP contribution in [-0.2, 0) is 0 Å². The molecular formula is C10H8Cl2O. The molecule has 2 atom stereocenters. The van der Waals surface area contributed by atoms with Crippen LogP contribution in [0.5, 0.6) is 0 Å². The van der Waals surface area contributed by atoms with Crippen molar-refractivity contribution >= 4 is 28.4 Å². The standard InChI is InChI=1S/C10H8Cl2O/c11-9-5-8(9)6-1-3-7(4-2-6)10(12)13/h1-4,8-9H,5H2/t8-,9+/m0/s1. The lowest BCUT2D eigenvalue weighted by Gasteiger charge is -1.98. The molecule has 0 unspecified atom stereocenters. The first-order valence-corrected chi connectivity index (χ1v) is 4.94. The molecule has 3 heteroatoms. The second-order valence-corrected chi connectivity index (χ2v) is 4.16. The van der Waals surface area contributed by atoms with E-state index in [4.69, 9.17) is 23.2 Å². The third-order valence-corrected chi connectivity index (χ3v) is 2.98. The van der Waals surface area contributed by atoms with E-state index in [2.05, 4.69) is 0 Å². The summed E-state index contributed by atoms with van der Waals surface area (Å²) in [6.45, 7) is 0. The van der Waals surface area contributed by atoms with Crippen molar-refractivity contribution in [2.45, 2.75) is 17.7 Å². The molecule has 0 radical (unpaired) electrons. The molecule has 1 aromatic rings. The van der Waals surface area contributed by atoms with Crippen LogP contribution in [0.3, 0.4) is 0 Å². The van der Waals surface area contributed by atoms with Gasteiger partial charge in [0.2, 0.25) is 0 Å². The fraction of sp³-hybridized carbons (Fsp3) is 0.300. The zero-order valence-electron chi connectivity index (χ0n) is 6.84. The smallest absolute Gasteiger partial charge is 0.252 e. The third-order valence-electron chi connectivity index (χ3n) is 2.28. The van der Waals surface area contributed by atoms with Crippen LogP contribution >= 0.6 is 23.2 Å². The topological polar surface area (TPSA) is 17.1 Å². The van der Waals surface area contributed by atoms with E-state index in [-0.39, 0.29) is 5.38 Å². The lowest BCUT2D eigenvalue weighted by atomic mass is 10.1. The van der Waals surface area contributed by atoms with Crippen molar-refractivity contribution < 1.29 is 4.79 Å². The number of rotatable bonds is 2. The van der Waals surface area contributed by atoms with Gasteiger partial charge in [-0.15, -0.1) is 11.6 Å². The van der Waals surface area contributed by atoms with Crippen LogP contribution in [0.1, 0.15) is 28.3 Å². The Balaban J connectivity index is 2.19. The van der Waals surface area contributed by atoms with Gasteiger partial charge in [0.25, 0.3) is 5.24 Å². The largest absolute Gasteiger partial charge is 0.276 e. The zero-order chi connectivity index (χ0) is 9.42. The highest BCUT2D eigenvalue weighted by molar-refractivity contribution is 6.67. The summed E-state index contributed by atoms with van der Waals surface area (Å²) in [6.07, 6.45) is 1.04. The molecule has 0 spiro atoms. The minimum absolute atomic E-state index is 0.276. The highest BCUT2D eigenvalue weighted by Gasteiger charge is 2.36. The summed E-state index contributed by atoms with van der Waals surface area (Å²) in [5.74, 6) is 0.473. The van der Waals surface area contributed by atoms with Crippen LogP contribution < -0.4 is 0 Å². The van der Waals surface area contributed by atoms with Crippen LogP contribution in [0.25, 0.3) is 0 Å². The van der Waals surface area contributed by atoms with Crippen molar-refractivity contribution in [3.05, 3.63) is 35.4 Å². The van der Waals surface area contributed by atoms with Gasteiger partial charge in [-0.1, -0.05) is 12.1 Å². The molecule has 0 saturated heterocycles. The maximum atomic E-state index is 10.7. The van der Waals surface area contributed by atoms with Gasteiger partial charge < -0.3 is 0 Å². The molecule has 0 bridgehead atoms. The predicted molar refractivity (Wildman–Crippen MR) is 53.6 cm³/mol. The molecule has 0 heterocycles. The first kappa shape index (κ1) is 9.04. The van der Waals surface area contributed by atoms with E-state index in [0.29, 0.717) is 11.5 Å². The molecule has 13 heavy (non-hydrogen) atoms. The molecule has 0 aromatic heterocycles. The normalized spacial score (nSPS) is 25.7. The van der Waals surface area contributed by atoms with Crippen LogP contribution in [0, 0.1) is 0 Å². The quantitative estimate of drug-likeness (QED) is 0.547. The van der Waals surface area contributed by atoms with Crippen molar-refractivity contribution in [3.8, 4) is 0 Å². The Bertz CT molecular complexity index is 331. The van der Waals surface area contributed by atoms with Crippen LogP contribution in [0.4, 0.5) is 0 Å². The van der Waals surface area contributed by atoms with Gasteiger partial charge in [-0.3, -0.25) is 4.79 Å². The summed E-state index contributed by atoms with van der Waals surface area (Å²) in [5.41, 5.74) is 1.74. The van der Waals surface area contributed by atoms with Crippen LogP contribution in [0.2, 0.25) is 0 Å². The highest BCUT2D eigenvalue weighted by atomic mass is 35.5. The maximum absolute atomic E-state index is 10.7. The Morgan fingerprint density at radius 3 is 2.23 bits per heavy atom. The van der Waals surface area contributed by atoms with E-state index in [1.807, 2.05) is 12.1 Å². The molecule has 1 aliphatic rings. The Morgan fingerprint density at radius 2 is 1.85 bits per heavy atom. The van der Waals surface area contributed by atoms with E-state index in [0.717, 1.165) is 6.42 Å².